The van der Waals surface area contributed by atoms with Gasteiger partial charge < -0.3 is 9.80 Å². The molecule has 0 N–H and O–H groups in total. The van der Waals surface area contributed by atoms with E-state index in [4.69, 9.17) is 0 Å². The minimum atomic E-state index is -1.55. The molecule has 0 aliphatic carbocycles. The Labute approximate surface area is 128 Å². The Morgan fingerprint density at radius 3 is 2.52 bits per heavy atom. The fourth-order valence-electron chi connectivity index (χ4n) is 2.72. The molecule has 0 amide bonds. The van der Waals surface area contributed by atoms with Gasteiger partial charge in [-0.25, -0.2) is 18.2 Å². The molecule has 0 radical (unpaired) electrons. The average Bonchev–Trinajstić information content (AvgIpc) is 3.03. The van der Waals surface area contributed by atoms with Gasteiger partial charge in [-0.1, -0.05) is 0 Å². The number of anilines is 1. The van der Waals surface area contributed by atoms with Crippen LogP contribution in [0.5, 0.6) is 0 Å². The summed E-state index contributed by atoms with van der Waals surface area (Å²) in [4.78, 5) is 8.24. The highest BCUT2D eigenvalue weighted by atomic mass is 19.2. The van der Waals surface area contributed by atoms with Gasteiger partial charge in [0.15, 0.2) is 23.3 Å². The summed E-state index contributed by atoms with van der Waals surface area (Å²) in [6.45, 7) is 2.91. The first-order valence-corrected chi connectivity index (χ1v) is 7.05. The highest BCUT2D eigenvalue weighted by Gasteiger charge is 2.24. The van der Waals surface area contributed by atoms with Crippen LogP contribution in [-0.2, 0) is 0 Å². The fourth-order valence-corrected chi connectivity index (χ4v) is 2.72. The molecule has 0 unspecified atom stereocenters. The van der Waals surface area contributed by atoms with Gasteiger partial charge in [0.25, 0.3) is 0 Å². The first-order chi connectivity index (χ1) is 11.1. The quantitative estimate of drug-likeness (QED) is 0.619. The third kappa shape index (κ3) is 2.09. The van der Waals surface area contributed by atoms with Crippen molar-refractivity contribution in [3.8, 4) is 0 Å². The number of nitrogens with zero attached hydrogens (tertiary/aromatic N) is 7. The largest absolute Gasteiger partial charge is 0.351 e. The van der Waals surface area contributed by atoms with Crippen molar-refractivity contribution in [1.29, 1.82) is 0 Å². The zero-order valence-electron chi connectivity index (χ0n) is 12.2. The molecule has 1 aliphatic rings. The Morgan fingerprint density at radius 2 is 1.78 bits per heavy atom. The summed E-state index contributed by atoms with van der Waals surface area (Å²) in [5, 5.41) is 11.2. The molecule has 0 atom stereocenters. The molecule has 1 saturated heterocycles. The molecule has 0 bridgehead atoms. The van der Waals surface area contributed by atoms with E-state index in [0.29, 0.717) is 18.9 Å². The van der Waals surface area contributed by atoms with Gasteiger partial charge in [0.2, 0.25) is 5.65 Å². The van der Waals surface area contributed by atoms with E-state index >= 15 is 0 Å². The summed E-state index contributed by atoms with van der Waals surface area (Å²) in [6, 6.07) is 0.845. The van der Waals surface area contributed by atoms with Crippen LogP contribution in [0.3, 0.4) is 0 Å². The Morgan fingerprint density at radius 1 is 1.04 bits per heavy atom. The molecule has 0 spiro atoms. The van der Waals surface area contributed by atoms with Gasteiger partial charge >= 0.3 is 0 Å². The monoisotopic (exact) mass is 323 g/mol. The average molecular weight is 323 g/mol. The molecular formula is C13H12F3N7. The van der Waals surface area contributed by atoms with E-state index in [1.807, 2.05) is 11.9 Å². The molecule has 120 valence electrons. The zero-order valence-corrected chi connectivity index (χ0v) is 12.2. The standard InChI is InChI=1S/C13H12F3N7/c1-21-2-4-22(5-3-21)12-13-18-19-20-23(13)8-6-7(14)9(15)10(16)11(8)17-12/h6H,2-5H2,1H3. The number of rotatable bonds is 1. The number of tetrazole rings is 1. The molecule has 0 saturated carbocycles. The third-order valence-electron chi connectivity index (χ3n) is 4.03. The van der Waals surface area contributed by atoms with Crippen molar-refractivity contribution in [2.75, 3.05) is 38.1 Å². The molecule has 3 aromatic rings. The Hall–Kier alpha value is -2.49. The van der Waals surface area contributed by atoms with E-state index < -0.39 is 17.5 Å². The first-order valence-electron chi connectivity index (χ1n) is 7.05. The Balaban J connectivity index is 1.98. The number of fused-ring (bicyclic) bond motifs is 3. The number of hydrogen-bond donors (Lipinski definition) is 0. The van der Waals surface area contributed by atoms with Crippen LogP contribution in [0.25, 0.3) is 16.7 Å². The van der Waals surface area contributed by atoms with Crippen LogP contribution in [0, 0.1) is 17.5 Å². The maximum absolute atomic E-state index is 14.1. The topological polar surface area (TPSA) is 62.5 Å². The van der Waals surface area contributed by atoms with E-state index in [-0.39, 0.29) is 16.7 Å². The van der Waals surface area contributed by atoms with Crippen LogP contribution in [0.2, 0.25) is 0 Å². The smallest absolute Gasteiger partial charge is 0.222 e. The summed E-state index contributed by atoms with van der Waals surface area (Å²) in [5.41, 5.74) is -0.0237. The van der Waals surface area contributed by atoms with Gasteiger partial charge in [0.1, 0.15) is 11.0 Å². The van der Waals surface area contributed by atoms with Crippen LogP contribution >= 0.6 is 0 Å². The molecule has 1 aliphatic heterocycles. The molecule has 1 aromatic carbocycles. The molecule has 1 fully saturated rings. The van der Waals surface area contributed by atoms with Gasteiger partial charge in [0, 0.05) is 32.2 Å². The second-order valence-electron chi connectivity index (χ2n) is 5.49. The van der Waals surface area contributed by atoms with Crippen molar-refractivity contribution in [3.05, 3.63) is 23.5 Å². The maximum Gasteiger partial charge on any atom is 0.222 e. The number of benzene rings is 1. The van der Waals surface area contributed by atoms with Crippen molar-refractivity contribution >= 4 is 22.5 Å². The van der Waals surface area contributed by atoms with Crippen LogP contribution < -0.4 is 4.90 Å². The normalized spacial score (nSPS) is 16.6. The molecule has 10 heteroatoms. The predicted octanol–water partition coefficient (Wildman–Crippen LogP) is 0.842. The fraction of sp³-hybridized carbons (Fsp3) is 0.385. The maximum atomic E-state index is 14.1. The van der Waals surface area contributed by atoms with Gasteiger partial charge in [-0.05, 0) is 17.5 Å². The van der Waals surface area contributed by atoms with E-state index in [1.54, 1.807) is 0 Å². The van der Waals surface area contributed by atoms with E-state index in [0.717, 1.165) is 19.2 Å². The van der Waals surface area contributed by atoms with Gasteiger partial charge in [0.05, 0.1) is 0 Å². The van der Waals surface area contributed by atoms with Crippen molar-refractivity contribution in [3.63, 3.8) is 0 Å². The van der Waals surface area contributed by atoms with Gasteiger partial charge in [-0.2, -0.15) is 4.52 Å². The molecule has 3 heterocycles. The van der Waals surface area contributed by atoms with Crippen molar-refractivity contribution in [1.82, 2.24) is 29.9 Å². The number of likely N-dealkylation sites (N-methyl/N-ethyl adjacent to an activating group) is 1. The third-order valence-corrected chi connectivity index (χ3v) is 4.03. The van der Waals surface area contributed by atoms with Crippen LogP contribution in [-0.4, -0.2) is 63.2 Å². The first kappa shape index (κ1) is 14.1. The summed E-state index contributed by atoms with van der Waals surface area (Å²) in [5.74, 6) is -3.84. The minimum Gasteiger partial charge on any atom is -0.351 e. The molecule has 2 aromatic heterocycles. The van der Waals surface area contributed by atoms with Gasteiger partial charge in [-0.15, -0.1) is 5.10 Å². The molecule has 4 rings (SSSR count). The SMILES string of the molecule is CN1CCN(c2nc3c(F)c(F)c(F)cc3n3nnnc23)CC1. The Kier molecular flexibility index (Phi) is 3.08. The number of piperazine rings is 1. The highest BCUT2D eigenvalue weighted by Crippen LogP contribution is 2.27. The lowest BCUT2D eigenvalue weighted by molar-refractivity contribution is 0.312. The van der Waals surface area contributed by atoms with Gasteiger partial charge in [-0.3, -0.25) is 0 Å². The summed E-state index contributed by atoms with van der Waals surface area (Å²) < 4.78 is 42.3. The lowest BCUT2D eigenvalue weighted by Gasteiger charge is -2.33. The molecule has 7 nitrogen and oxygen atoms in total. The highest BCUT2D eigenvalue weighted by molar-refractivity contribution is 5.83. The predicted molar refractivity (Wildman–Crippen MR) is 75.7 cm³/mol. The number of hydrogen-bond acceptors (Lipinski definition) is 6. The number of aromatic nitrogens is 5. The van der Waals surface area contributed by atoms with Crippen molar-refractivity contribution in [2.45, 2.75) is 0 Å². The zero-order chi connectivity index (χ0) is 16.1. The lowest BCUT2D eigenvalue weighted by atomic mass is 10.2. The molecular weight excluding hydrogens is 311 g/mol. The summed E-state index contributed by atoms with van der Waals surface area (Å²) >= 11 is 0. The number of halogens is 3. The lowest BCUT2D eigenvalue weighted by Crippen LogP contribution is -2.45. The second kappa shape index (κ2) is 5.01. The second-order valence-corrected chi connectivity index (χ2v) is 5.49. The summed E-state index contributed by atoms with van der Waals surface area (Å²) in [7, 11) is 2.00. The van der Waals surface area contributed by atoms with E-state index in [1.165, 1.54) is 4.52 Å². The molecule has 23 heavy (non-hydrogen) atoms. The van der Waals surface area contributed by atoms with Crippen LogP contribution in [0.15, 0.2) is 6.07 Å². The van der Waals surface area contributed by atoms with Crippen LogP contribution in [0.1, 0.15) is 0 Å². The van der Waals surface area contributed by atoms with Crippen molar-refractivity contribution < 1.29 is 13.2 Å². The van der Waals surface area contributed by atoms with E-state index in [2.05, 4.69) is 25.4 Å². The van der Waals surface area contributed by atoms with Crippen LogP contribution in [0.4, 0.5) is 19.0 Å². The van der Waals surface area contributed by atoms with E-state index in [9.17, 15) is 13.2 Å². The Bertz CT molecular complexity index is 902. The minimum absolute atomic E-state index is 0.0146. The van der Waals surface area contributed by atoms with Crippen molar-refractivity contribution in [2.24, 2.45) is 0 Å². The summed E-state index contributed by atoms with van der Waals surface area (Å²) in [6.07, 6.45) is 0.